The van der Waals surface area contributed by atoms with Crippen LogP contribution in [0.2, 0.25) is 0 Å². The molecule has 0 aromatic carbocycles. The van der Waals surface area contributed by atoms with E-state index >= 15 is 0 Å². The number of unbranched alkanes of at least 4 members (excludes halogenated alkanes) is 23. The van der Waals surface area contributed by atoms with Gasteiger partial charge in [-0.25, -0.2) is 4.57 Å². The molecule has 0 aliphatic heterocycles. The summed E-state index contributed by atoms with van der Waals surface area (Å²) in [5.41, 5.74) is 0. The quantitative estimate of drug-likeness (QED) is 0.0197. The third-order valence-corrected chi connectivity index (χ3v) is 13.3. The van der Waals surface area contributed by atoms with Gasteiger partial charge < -0.3 is 24.2 Å². The van der Waals surface area contributed by atoms with Gasteiger partial charge in [-0.15, -0.1) is 0 Å². The number of rotatable bonds is 54. The zero-order chi connectivity index (χ0) is 54.1. The van der Waals surface area contributed by atoms with Crippen molar-refractivity contribution in [3.63, 3.8) is 0 Å². The lowest BCUT2D eigenvalue weighted by molar-refractivity contribution is -0.161. The number of phosphoric ester groups is 1. The van der Waals surface area contributed by atoms with E-state index in [-0.39, 0.29) is 25.9 Å². The van der Waals surface area contributed by atoms with Crippen molar-refractivity contribution >= 4 is 25.7 Å². The number of allylic oxidation sites excluding steroid dienone is 14. The van der Waals surface area contributed by atoms with E-state index in [1.807, 2.05) is 0 Å². The Bertz CT molecular complexity index is 1560. The summed E-state index contributed by atoms with van der Waals surface area (Å²) in [7, 11) is -4.77. The average molecular weight is 1060 g/mol. The van der Waals surface area contributed by atoms with Gasteiger partial charge in [0.15, 0.2) is 6.10 Å². The normalized spacial score (nSPS) is 14.0. The molecule has 3 atom stereocenters. The lowest BCUT2D eigenvalue weighted by Crippen LogP contribution is -2.30. The minimum Gasteiger partial charge on any atom is -0.462 e. The molecule has 0 bridgehead atoms. The van der Waals surface area contributed by atoms with Crippen LogP contribution in [0.1, 0.15) is 252 Å². The number of hydrogen-bond acceptors (Lipinski definition) is 10. The van der Waals surface area contributed by atoms with Crippen LogP contribution in [-0.2, 0) is 42.2 Å². The number of aliphatic hydroxyl groups is 1. The summed E-state index contributed by atoms with van der Waals surface area (Å²) in [5, 5.41) is 9.80. The van der Waals surface area contributed by atoms with Crippen molar-refractivity contribution < 1.29 is 52.2 Å². The molecule has 3 unspecified atom stereocenters. The van der Waals surface area contributed by atoms with Crippen molar-refractivity contribution in [2.45, 2.75) is 264 Å². The van der Waals surface area contributed by atoms with Crippen molar-refractivity contribution in [3.8, 4) is 0 Å². The van der Waals surface area contributed by atoms with E-state index in [4.69, 9.17) is 23.3 Å². The van der Waals surface area contributed by atoms with Gasteiger partial charge in [0.25, 0.3) is 0 Å². The molecule has 0 heterocycles. The fourth-order valence-corrected chi connectivity index (χ4v) is 8.68. The highest BCUT2D eigenvalue weighted by atomic mass is 31.2. The first-order chi connectivity index (χ1) is 36.2. The molecule has 0 fully saturated rings. The number of hydrogen-bond donors (Lipinski definition) is 2. The second-order valence-corrected chi connectivity index (χ2v) is 20.9. The number of carbonyl (C=O) groups is 3. The van der Waals surface area contributed by atoms with E-state index in [2.05, 4.69) is 106 Å². The predicted octanol–water partition coefficient (Wildman–Crippen LogP) is 17.5. The molecule has 0 saturated heterocycles. The highest BCUT2D eigenvalue weighted by Crippen LogP contribution is 2.43. The van der Waals surface area contributed by atoms with Gasteiger partial charge in [0.2, 0.25) is 0 Å². The summed E-state index contributed by atoms with van der Waals surface area (Å²) >= 11 is 0. The molecule has 0 spiro atoms. The Morgan fingerprint density at radius 2 is 0.703 bits per heavy atom. The van der Waals surface area contributed by atoms with Crippen molar-refractivity contribution in [2.75, 3.05) is 26.4 Å². The summed E-state index contributed by atoms with van der Waals surface area (Å²) in [6.45, 7) is 4.35. The predicted molar refractivity (Wildman–Crippen MR) is 307 cm³/mol. The van der Waals surface area contributed by atoms with E-state index in [1.54, 1.807) is 0 Å². The van der Waals surface area contributed by atoms with Crippen molar-refractivity contribution in [1.29, 1.82) is 0 Å². The van der Waals surface area contributed by atoms with Crippen LogP contribution >= 0.6 is 7.82 Å². The van der Waals surface area contributed by atoms with Gasteiger partial charge >= 0.3 is 25.7 Å². The summed E-state index contributed by atoms with van der Waals surface area (Å²) in [4.78, 5) is 48.5. The molecule has 0 saturated carbocycles. The standard InChI is InChI=1S/C62H107O11P/c1-4-7-10-13-16-19-22-25-27-28-29-30-32-35-38-41-44-47-50-53-62(66)73-59(55-69-60(64)51-48-45-42-39-36-34-31-26-23-20-17-14-11-8-5-2)57-71-74(67,68)70-56-58(54-63)72-61(65)52-49-46-43-40-37-33-24-21-18-15-12-9-6-3/h8-9,11-12,17-18,20-21,26,31,33,36-37,39,58-59,63H,4-7,10,13-16,19,22-25,27-30,32,34-35,38,40-57H2,1-3H3,(H,67,68)/b11-8-,12-9-,20-17-,21-18-,31-26-,37-33-,39-36-. The number of aliphatic hydroxyl groups excluding tert-OH is 1. The zero-order valence-corrected chi connectivity index (χ0v) is 47.9. The van der Waals surface area contributed by atoms with E-state index in [1.165, 1.54) is 96.3 Å². The van der Waals surface area contributed by atoms with Gasteiger partial charge in [-0.1, -0.05) is 228 Å². The van der Waals surface area contributed by atoms with E-state index in [9.17, 15) is 28.9 Å². The van der Waals surface area contributed by atoms with E-state index < -0.39 is 57.8 Å². The Kier molecular flexibility index (Phi) is 53.4. The molecule has 0 rings (SSSR count). The van der Waals surface area contributed by atoms with Gasteiger partial charge in [-0.3, -0.25) is 23.4 Å². The lowest BCUT2D eigenvalue weighted by atomic mass is 10.0. The highest BCUT2D eigenvalue weighted by Gasteiger charge is 2.28. The fraction of sp³-hybridized carbons (Fsp3) is 0.726. The van der Waals surface area contributed by atoms with Crippen LogP contribution in [0.25, 0.3) is 0 Å². The van der Waals surface area contributed by atoms with Crippen LogP contribution in [0.15, 0.2) is 85.1 Å². The third kappa shape index (κ3) is 53.5. The summed E-state index contributed by atoms with van der Waals surface area (Å²) in [5.74, 6) is -1.54. The maximum absolute atomic E-state index is 12.9. The Labute approximate surface area is 451 Å². The SMILES string of the molecule is CC/C=C\C/C=C\C/C=C\C/C=C\CCCCC(=O)OCC(COP(=O)(O)OCC(CO)OC(=O)CCCCC/C=C\C/C=C\C/C=C\CC)OC(=O)CCCCCCCCCCCCCCCCCCCCC. The summed E-state index contributed by atoms with van der Waals surface area (Å²) in [6.07, 6.45) is 64.1. The first-order valence-electron chi connectivity index (χ1n) is 29.5. The fourth-order valence-electron chi connectivity index (χ4n) is 7.89. The molecule has 0 aliphatic rings. The molecule has 74 heavy (non-hydrogen) atoms. The highest BCUT2D eigenvalue weighted by molar-refractivity contribution is 7.47. The van der Waals surface area contributed by atoms with Crippen molar-refractivity contribution in [2.24, 2.45) is 0 Å². The first-order valence-corrected chi connectivity index (χ1v) is 31.0. The van der Waals surface area contributed by atoms with Crippen LogP contribution in [-0.4, -0.2) is 66.5 Å². The maximum atomic E-state index is 12.9. The Morgan fingerprint density at radius 1 is 0.392 bits per heavy atom. The van der Waals surface area contributed by atoms with Gasteiger partial charge in [0.1, 0.15) is 12.7 Å². The number of phosphoric acid groups is 1. The Balaban J connectivity index is 4.77. The molecule has 11 nitrogen and oxygen atoms in total. The van der Waals surface area contributed by atoms with E-state index in [0.717, 1.165) is 96.3 Å². The van der Waals surface area contributed by atoms with Gasteiger partial charge in [-0.05, 0) is 89.9 Å². The largest absolute Gasteiger partial charge is 0.472 e. The smallest absolute Gasteiger partial charge is 0.462 e. The van der Waals surface area contributed by atoms with Crippen molar-refractivity contribution in [3.05, 3.63) is 85.1 Å². The first kappa shape index (κ1) is 70.7. The molecule has 0 aromatic heterocycles. The molecular weight excluding hydrogens is 952 g/mol. The van der Waals surface area contributed by atoms with Crippen molar-refractivity contribution in [1.82, 2.24) is 0 Å². The molecular formula is C62H107O11P. The minimum absolute atomic E-state index is 0.137. The van der Waals surface area contributed by atoms with Gasteiger partial charge in [-0.2, -0.15) is 0 Å². The number of ether oxygens (including phenoxy) is 3. The van der Waals surface area contributed by atoms with Crippen LogP contribution in [0.4, 0.5) is 0 Å². The third-order valence-electron chi connectivity index (χ3n) is 12.3. The molecule has 0 aromatic rings. The second kappa shape index (κ2) is 55.9. The Hall–Kier alpha value is -3.34. The summed E-state index contributed by atoms with van der Waals surface area (Å²) in [6, 6.07) is 0. The average Bonchev–Trinajstić information content (AvgIpc) is 3.39. The van der Waals surface area contributed by atoms with Crippen LogP contribution in [0.3, 0.4) is 0 Å². The van der Waals surface area contributed by atoms with Crippen LogP contribution in [0.5, 0.6) is 0 Å². The lowest BCUT2D eigenvalue weighted by Gasteiger charge is -2.21. The second-order valence-electron chi connectivity index (χ2n) is 19.4. The summed E-state index contributed by atoms with van der Waals surface area (Å²) < 4.78 is 39.5. The number of esters is 3. The maximum Gasteiger partial charge on any atom is 0.472 e. The molecule has 0 aliphatic carbocycles. The Morgan fingerprint density at radius 3 is 1.11 bits per heavy atom. The van der Waals surface area contributed by atoms with Crippen LogP contribution < -0.4 is 0 Å². The van der Waals surface area contributed by atoms with Gasteiger partial charge in [0, 0.05) is 19.3 Å². The topological polar surface area (TPSA) is 155 Å². The molecule has 2 N–H and O–H groups in total. The van der Waals surface area contributed by atoms with Crippen LogP contribution in [0, 0.1) is 0 Å². The molecule has 0 radical (unpaired) electrons. The van der Waals surface area contributed by atoms with Gasteiger partial charge in [0.05, 0.1) is 19.8 Å². The minimum atomic E-state index is -4.77. The number of carbonyl (C=O) groups excluding carboxylic acids is 3. The monoisotopic (exact) mass is 1060 g/mol. The van der Waals surface area contributed by atoms with E-state index in [0.29, 0.717) is 19.3 Å². The molecule has 426 valence electrons. The molecule has 0 amide bonds. The molecule has 12 heteroatoms. The zero-order valence-electron chi connectivity index (χ0n) is 47.0.